The first-order valence-corrected chi connectivity index (χ1v) is 14.8. The summed E-state index contributed by atoms with van der Waals surface area (Å²) in [6, 6.07) is 40.8. The van der Waals surface area contributed by atoms with Crippen molar-refractivity contribution in [3.8, 4) is 0 Å². The summed E-state index contributed by atoms with van der Waals surface area (Å²) in [7, 11) is -3.99. The molecule has 0 saturated heterocycles. The van der Waals surface area contributed by atoms with Crippen molar-refractivity contribution in [2.24, 2.45) is 0 Å². The van der Waals surface area contributed by atoms with Gasteiger partial charge in [-0.3, -0.25) is 0 Å². The highest BCUT2D eigenvalue weighted by Gasteiger charge is 2.43. The molecule has 0 aliphatic heterocycles. The van der Waals surface area contributed by atoms with Crippen LogP contribution in [0.5, 0.6) is 0 Å². The number of rotatable bonds is 6. The van der Waals surface area contributed by atoms with Gasteiger partial charge >= 0.3 is 0 Å². The molecule has 0 saturated carbocycles. The molecule has 0 spiro atoms. The van der Waals surface area contributed by atoms with Gasteiger partial charge in [0.25, 0.3) is 0 Å². The lowest BCUT2D eigenvalue weighted by Crippen LogP contribution is -2.32. The molecule has 0 amide bonds. The minimum absolute atomic E-state index is 0. The molecule has 2 nitrogen and oxygen atoms in total. The molecule has 0 bridgehead atoms. The second-order valence-electron chi connectivity index (χ2n) is 8.59. The minimum atomic E-state index is -3.04. The van der Waals surface area contributed by atoms with E-state index in [1.54, 1.807) is 0 Å². The third kappa shape index (κ3) is 5.14. The smallest absolute Gasteiger partial charge is 0.150 e. The summed E-state index contributed by atoms with van der Waals surface area (Å²) in [4.78, 5) is 0. The quantitative estimate of drug-likeness (QED) is 0.298. The van der Waals surface area contributed by atoms with Gasteiger partial charge in [-0.2, -0.15) is 0 Å². The Morgan fingerprint density at radius 3 is 1.46 bits per heavy atom. The lowest BCUT2D eigenvalue weighted by molar-refractivity contribution is 0.204. The summed E-state index contributed by atoms with van der Waals surface area (Å²) in [5, 5.41) is 16.1. The molecule has 4 aromatic carbocycles. The number of benzene rings is 4. The predicted octanol–water partition coefficient (Wildman–Crippen LogP) is 5.16. The Morgan fingerprint density at radius 1 is 0.629 bits per heavy atom. The van der Waals surface area contributed by atoms with Crippen LogP contribution in [0.15, 0.2) is 133 Å². The van der Waals surface area contributed by atoms with Crippen LogP contribution in [0.1, 0.15) is 12.8 Å². The highest BCUT2D eigenvalue weighted by atomic mass is 31.2. The highest BCUT2D eigenvalue weighted by molar-refractivity contribution is 7.82. The Morgan fingerprint density at radius 2 is 1.03 bits per heavy atom. The van der Waals surface area contributed by atoms with E-state index in [-0.39, 0.29) is 14.1 Å². The molecule has 0 heterocycles. The molecule has 1 aliphatic carbocycles. The lowest BCUT2D eigenvalue weighted by Gasteiger charge is -2.38. The number of aliphatic hydroxyl groups is 1. The van der Waals surface area contributed by atoms with Crippen LogP contribution in [-0.4, -0.2) is 25.3 Å². The van der Waals surface area contributed by atoms with Gasteiger partial charge in [0.1, 0.15) is 7.14 Å². The van der Waals surface area contributed by atoms with Gasteiger partial charge in [-0.15, -0.1) is 0 Å². The summed E-state index contributed by atoms with van der Waals surface area (Å²) in [5.74, 6) is 0. The molecule has 5 heteroatoms. The molecule has 4 aromatic rings. The van der Waals surface area contributed by atoms with Gasteiger partial charge < -0.3 is 9.67 Å². The molecule has 0 fully saturated rings. The van der Waals surface area contributed by atoms with E-state index >= 15 is 4.57 Å². The average Bonchev–Trinajstić information content (AvgIpc) is 2.91. The largest absolute Gasteiger partial charge is 0.389 e. The first kappa shape index (κ1) is 25.4. The molecule has 5 rings (SSSR count). The maximum Gasteiger partial charge on any atom is 0.150 e. The molecule has 1 aliphatic rings. The van der Waals surface area contributed by atoms with Crippen molar-refractivity contribution in [3.05, 3.63) is 133 Å². The predicted molar refractivity (Wildman–Crippen MR) is 152 cm³/mol. The van der Waals surface area contributed by atoms with Crippen LogP contribution >= 0.6 is 15.1 Å². The third-order valence-corrected chi connectivity index (χ3v) is 12.8. The summed E-state index contributed by atoms with van der Waals surface area (Å²) in [6.45, 7) is 0. The number of aliphatic hydroxyl groups excluding tert-OH is 1. The van der Waals surface area contributed by atoms with Gasteiger partial charge in [-0.1, -0.05) is 127 Å². The standard InChI is InChI=1S/C30H28O2P2.B/c31-24-21-22-30(34(32,27-17-9-3-10-18-27)28-19-11-4-12-20-28)29(23-24)33(25-13-5-1-6-14-25)26-15-7-2-8-16-26;/h1-20,23-24,30-31H,21-22H2;/t24-,30+;/m0./s1. The van der Waals surface area contributed by atoms with Crippen LogP contribution in [0.2, 0.25) is 0 Å². The van der Waals surface area contributed by atoms with E-state index in [1.807, 2.05) is 78.9 Å². The van der Waals surface area contributed by atoms with Crippen molar-refractivity contribution < 1.29 is 9.67 Å². The summed E-state index contributed by atoms with van der Waals surface area (Å²) in [5.41, 5.74) is -0.174. The van der Waals surface area contributed by atoms with E-state index in [1.165, 1.54) is 10.6 Å². The molecular weight excluding hydrogens is 465 g/mol. The maximum absolute atomic E-state index is 15.3. The zero-order valence-electron chi connectivity index (χ0n) is 19.5. The minimum Gasteiger partial charge on any atom is -0.389 e. The Bertz CT molecular complexity index is 1210. The highest BCUT2D eigenvalue weighted by Crippen LogP contribution is 2.61. The van der Waals surface area contributed by atoms with Gasteiger partial charge in [0.15, 0.2) is 0 Å². The Balaban J connectivity index is 0.00000289. The normalized spacial score (nSPS) is 17.9. The van der Waals surface area contributed by atoms with E-state index in [4.69, 9.17) is 0 Å². The van der Waals surface area contributed by atoms with Crippen LogP contribution in [-0.2, 0) is 4.57 Å². The number of allylic oxidation sites excluding steroid dienone is 1. The van der Waals surface area contributed by atoms with Crippen LogP contribution < -0.4 is 21.2 Å². The lowest BCUT2D eigenvalue weighted by atomic mass is 10.0. The van der Waals surface area contributed by atoms with Gasteiger partial charge in [-0.25, -0.2) is 0 Å². The monoisotopic (exact) mass is 493 g/mol. The summed E-state index contributed by atoms with van der Waals surface area (Å²) >= 11 is 0. The maximum atomic E-state index is 15.3. The topological polar surface area (TPSA) is 37.3 Å². The van der Waals surface area contributed by atoms with E-state index in [0.29, 0.717) is 12.8 Å². The fraction of sp³-hybridized carbons (Fsp3) is 0.133. The van der Waals surface area contributed by atoms with E-state index in [2.05, 4.69) is 48.5 Å². The van der Waals surface area contributed by atoms with Gasteiger partial charge in [-0.05, 0) is 36.7 Å². The van der Waals surface area contributed by atoms with Crippen LogP contribution in [0.25, 0.3) is 0 Å². The second kappa shape index (κ2) is 11.4. The third-order valence-electron chi connectivity index (χ3n) is 6.45. The van der Waals surface area contributed by atoms with Crippen molar-refractivity contribution >= 4 is 44.7 Å². The van der Waals surface area contributed by atoms with Gasteiger partial charge in [0, 0.05) is 24.7 Å². The van der Waals surface area contributed by atoms with Gasteiger partial charge in [0.2, 0.25) is 0 Å². The van der Waals surface area contributed by atoms with Crippen LogP contribution in [0, 0.1) is 0 Å². The van der Waals surface area contributed by atoms with E-state index < -0.39 is 21.2 Å². The fourth-order valence-electron chi connectivity index (χ4n) is 4.87. The summed E-state index contributed by atoms with van der Waals surface area (Å²) in [6.07, 6.45) is 2.79. The zero-order chi connectivity index (χ0) is 23.4. The van der Waals surface area contributed by atoms with E-state index in [0.717, 1.165) is 15.9 Å². The molecule has 35 heavy (non-hydrogen) atoms. The fourth-order valence-corrected chi connectivity index (χ4v) is 11.5. The molecule has 0 aromatic heterocycles. The molecule has 3 radical (unpaired) electrons. The van der Waals surface area contributed by atoms with Crippen molar-refractivity contribution in [2.45, 2.75) is 24.6 Å². The second-order valence-corrected chi connectivity index (χ2v) is 13.8. The summed E-state index contributed by atoms with van der Waals surface area (Å²) < 4.78 is 15.3. The van der Waals surface area contributed by atoms with Crippen LogP contribution in [0.3, 0.4) is 0 Å². The number of hydrogen-bond donors (Lipinski definition) is 1. The Kier molecular flexibility index (Phi) is 8.24. The molecule has 1 N–H and O–H groups in total. The Labute approximate surface area is 211 Å². The van der Waals surface area contributed by atoms with Crippen molar-refractivity contribution in [2.75, 3.05) is 0 Å². The van der Waals surface area contributed by atoms with Gasteiger partial charge in [0.05, 0.1) is 6.10 Å². The van der Waals surface area contributed by atoms with E-state index in [9.17, 15) is 5.11 Å². The number of hydrogen-bond acceptors (Lipinski definition) is 2. The first-order chi connectivity index (χ1) is 16.7. The van der Waals surface area contributed by atoms with Crippen LogP contribution in [0.4, 0.5) is 0 Å². The molecule has 173 valence electrons. The zero-order valence-corrected chi connectivity index (χ0v) is 21.3. The Hall–Kier alpha value is -2.70. The molecule has 2 atom stereocenters. The van der Waals surface area contributed by atoms with Crippen molar-refractivity contribution in [1.82, 2.24) is 0 Å². The molecule has 0 unspecified atom stereocenters. The molecular formula is C30H28BO2P2. The SMILES string of the molecule is O=P(c1ccccc1)(c1ccccc1)[C@@H]1CC[C@H](O)C=C1P(c1ccccc1)c1ccccc1.[B]. The first-order valence-electron chi connectivity index (χ1n) is 11.7. The van der Waals surface area contributed by atoms with Crippen molar-refractivity contribution in [3.63, 3.8) is 0 Å². The van der Waals surface area contributed by atoms with Crippen molar-refractivity contribution in [1.29, 1.82) is 0 Å². The average molecular weight is 493 g/mol.